The van der Waals surface area contributed by atoms with E-state index in [1.165, 1.54) is 11.8 Å². The van der Waals surface area contributed by atoms with Crippen molar-refractivity contribution in [1.82, 2.24) is 10.2 Å². The van der Waals surface area contributed by atoms with Crippen LogP contribution in [-0.4, -0.2) is 34.0 Å². The van der Waals surface area contributed by atoms with Gasteiger partial charge < -0.3 is 10.2 Å². The lowest BCUT2D eigenvalue weighted by Gasteiger charge is -2.26. The fraction of sp³-hybridized carbons (Fsp3) is 0.391. The minimum absolute atomic E-state index is 0.0149. The van der Waals surface area contributed by atoms with Crippen LogP contribution in [0.4, 0.5) is 0 Å². The maximum Gasteiger partial charge on any atom is 0.251 e. The average Bonchev–Trinajstić information content (AvgIpc) is 3.62. The first kappa shape index (κ1) is 20.3. The lowest BCUT2D eigenvalue weighted by Crippen LogP contribution is -2.37. The fourth-order valence-electron chi connectivity index (χ4n) is 3.24. The predicted molar refractivity (Wildman–Crippen MR) is 117 cm³/mol. The molecular weight excluding hydrogens is 404 g/mol. The molecule has 1 atom stereocenters. The van der Waals surface area contributed by atoms with Gasteiger partial charge in [-0.3, -0.25) is 9.59 Å². The number of nitrogens with zero attached hydrogens (tertiary/aromatic N) is 1. The summed E-state index contributed by atoms with van der Waals surface area (Å²) in [4.78, 5) is 28.2. The molecule has 2 aliphatic carbocycles. The molecule has 2 aromatic carbocycles. The summed E-state index contributed by atoms with van der Waals surface area (Å²) >= 11 is 7.76. The standard InChI is InChI=1S/C23H25ClN2O2S/c1-15(29-21-5-3-2-4-20(21)24)23(28)26(19-12-13-19)14-16-6-8-17(9-7-16)22(27)25-18-10-11-18/h2-9,15,18-19H,10-14H2,1H3,(H,25,27). The van der Waals surface area contributed by atoms with Gasteiger partial charge in [0, 0.05) is 29.1 Å². The lowest BCUT2D eigenvalue weighted by atomic mass is 10.1. The van der Waals surface area contributed by atoms with Gasteiger partial charge in [-0.15, -0.1) is 11.8 Å². The van der Waals surface area contributed by atoms with Gasteiger partial charge in [0.1, 0.15) is 0 Å². The minimum atomic E-state index is -0.209. The Hall–Kier alpha value is -1.98. The van der Waals surface area contributed by atoms with Crippen molar-refractivity contribution in [3.63, 3.8) is 0 Å². The largest absolute Gasteiger partial charge is 0.349 e. The van der Waals surface area contributed by atoms with Crippen LogP contribution >= 0.6 is 23.4 Å². The Labute approximate surface area is 181 Å². The van der Waals surface area contributed by atoms with Crippen LogP contribution in [0.3, 0.4) is 0 Å². The molecule has 1 unspecified atom stereocenters. The number of rotatable bonds is 8. The van der Waals surface area contributed by atoms with Crippen molar-refractivity contribution >= 4 is 35.2 Å². The Bertz CT molecular complexity index is 894. The first-order valence-corrected chi connectivity index (χ1v) is 11.4. The van der Waals surface area contributed by atoms with Crippen molar-refractivity contribution in [2.75, 3.05) is 0 Å². The van der Waals surface area contributed by atoms with E-state index in [4.69, 9.17) is 11.6 Å². The highest BCUT2D eigenvalue weighted by Gasteiger charge is 2.35. The lowest BCUT2D eigenvalue weighted by molar-refractivity contribution is -0.131. The van der Waals surface area contributed by atoms with Crippen LogP contribution in [0.5, 0.6) is 0 Å². The van der Waals surface area contributed by atoms with Crippen LogP contribution in [-0.2, 0) is 11.3 Å². The number of hydrogen-bond acceptors (Lipinski definition) is 3. The van der Waals surface area contributed by atoms with Gasteiger partial charge >= 0.3 is 0 Å². The monoisotopic (exact) mass is 428 g/mol. The fourth-order valence-corrected chi connectivity index (χ4v) is 4.47. The van der Waals surface area contributed by atoms with E-state index in [0.717, 1.165) is 36.1 Å². The van der Waals surface area contributed by atoms with E-state index >= 15 is 0 Å². The smallest absolute Gasteiger partial charge is 0.251 e. The Morgan fingerprint density at radius 1 is 1.10 bits per heavy atom. The van der Waals surface area contributed by atoms with E-state index < -0.39 is 0 Å². The van der Waals surface area contributed by atoms with Gasteiger partial charge in [-0.05, 0) is 62.4 Å². The molecule has 0 heterocycles. The highest BCUT2D eigenvalue weighted by molar-refractivity contribution is 8.00. The summed E-state index contributed by atoms with van der Waals surface area (Å²) in [7, 11) is 0. The Kier molecular flexibility index (Phi) is 6.16. The topological polar surface area (TPSA) is 49.4 Å². The van der Waals surface area contributed by atoms with Gasteiger partial charge in [-0.2, -0.15) is 0 Å². The molecule has 0 aliphatic heterocycles. The van der Waals surface area contributed by atoms with Crippen molar-refractivity contribution in [3.05, 3.63) is 64.7 Å². The molecule has 2 aromatic rings. The molecule has 4 nitrogen and oxygen atoms in total. The molecule has 29 heavy (non-hydrogen) atoms. The number of carbonyl (C=O) groups excluding carboxylic acids is 2. The van der Waals surface area contributed by atoms with Gasteiger partial charge in [0.25, 0.3) is 5.91 Å². The van der Waals surface area contributed by atoms with E-state index in [-0.39, 0.29) is 17.1 Å². The van der Waals surface area contributed by atoms with Crippen molar-refractivity contribution in [3.8, 4) is 0 Å². The summed E-state index contributed by atoms with van der Waals surface area (Å²) in [6.07, 6.45) is 4.26. The zero-order valence-electron chi connectivity index (χ0n) is 16.4. The average molecular weight is 429 g/mol. The summed E-state index contributed by atoms with van der Waals surface area (Å²) in [6.45, 7) is 2.51. The summed E-state index contributed by atoms with van der Waals surface area (Å²) in [5, 5.41) is 3.47. The maximum absolute atomic E-state index is 13.1. The van der Waals surface area contributed by atoms with Crippen LogP contribution in [0.25, 0.3) is 0 Å². The number of halogens is 1. The quantitative estimate of drug-likeness (QED) is 0.608. The zero-order chi connectivity index (χ0) is 20.4. The van der Waals surface area contributed by atoms with Crippen molar-refractivity contribution in [2.45, 2.75) is 61.4 Å². The van der Waals surface area contributed by atoms with E-state index in [1.807, 2.05) is 60.4 Å². The van der Waals surface area contributed by atoms with E-state index in [9.17, 15) is 9.59 Å². The molecule has 152 valence electrons. The molecule has 2 amide bonds. The van der Waals surface area contributed by atoms with Crippen LogP contribution in [0.2, 0.25) is 5.02 Å². The molecule has 1 N–H and O–H groups in total. The molecule has 4 rings (SSSR count). The SMILES string of the molecule is CC(Sc1ccccc1Cl)C(=O)N(Cc1ccc(C(=O)NC2CC2)cc1)C1CC1. The van der Waals surface area contributed by atoms with Gasteiger partial charge in [-0.25, -0.2) is 0 Å². The number of nitrogens with one attached hydrogen (secondary N) is 1. The van der Waals surface area contributed by atoms with Gasteiger partial charge in [0.15, 0.2) is 0 Å². The van der Waals surface area contributed by atoms with Crippen molar-refractivity contribution < 1.29 is 9.59 Å². The van der Waals surface area contributed by atoms with Gasteiger partial charge in [-0.1, -0.05) is 35.9 Å². The van der Waals surface area contributed by atoms with Crippen LogP contribution < -0.4 is 5.32 Å². The summed E-state index contributed by atoms with van der Waals surface area (Å²) in [5.74, 6) is 0.118. The molecule has 0 saturated heterocycles. The third-order valence-corrected chi connectivity index (χ3v) is 6.85. The van der Waals surface area contributed by atoms with Crippen molar-refractivity contribution in [2.24, 2.45) is 0 Å². The molecule has 2 fully saturated rings. The normalized spacial score (nSPS) is 16.9. The second-order valence-corrected chi connectivity index (χ2v) is 9.62. The van der Waals surface area contributed by atoms with Crippen LogP contribution in [0.1, 0.15) is 48.5 Å². The Morgan fingerprint density at radius 3 is 2.41 bits per heavy atom. The molecule has 0 radical (unpaired) electrons. The number of carbonyl (C=O) groups is 2. The molecular formula is C23H25ClN2O2S. The highest BCUT2D eigenvalue weighted by Crippen LogP contribution is 2.34. The van der Waals surface area contributed by atoms with E-state index in [0.29, 0.717) is 29.2 Å². The highest BCUT2D eigenvalue weighted by atomic mass is 35.5. The Morgan fingerprint density at radius 2 is 1.79 bits per heavy atom. The number of thioether (sulfide) groups is 1. The maximum atomic E-state index is 13.1. The molecule has 2 aliphatic rings. The summed E-state index contributed by atoms with van der Waals surface area (Å²) in [5.41, 5.74) is 1.72. The minimum Gasteiger partial charge on any atom is -0.349 e. The molecule has 0 spiro atoms. The predicted octanol–water partition coefficient (Wildman–Crippen LogP) is 4.90. The third kappa shape index (κ3) is 5.34. The first-order valence-electron chi connectivity index (χ1n) is 10.1. The van der Waals surface area contributed by atoms with Crippen LogP contribution in [0.15, 0.2) is 53.4 Å². The summed E-state index contributed by atoms with van der Waals surface area (Å²) < 4.78 is 0. The van der Waals surface area contributed by atoms with Crippen molar-refractivity contribution in [1.29, 1.82) is 0 Å². The second kappa shape index (κ2) is 8.80. The third-order valence-electron chi connectivity index (χ3n) is 5.24. The number of hydrogen-bond donors (Lipinski definition) is 1. The summed E-state index contributed by atoms with van der Waals surface area (Å²) in [6, 6.07) is 15.9. The molecule has 6 heteroatoms. The Balaban J connectivity index is 1.40. The molecule has 0 aromatic heterocycles. The second-order valence-electron chi connectivity index (χ2n) is 7.83. The molecule has 0 bridgehead atoms. The zero-order valence-corrected chi connectivity index (χ0v) is 18.0. The molecule has 2 saturated carbocycles. The van der Waals surface area contributed by atoms with Gasteiger partial charge in [0.05, 0.1) is 10.3 Å². The first-order chi connectivity index (χ1) is 14.0. The van der Waals surface area contributed by atoms with E-state index in [2.05, 4.69) is 5.32 Å². The van der Waals surface area contributed by atoms with E-state index in [1.54, 1.807) is 0 Å². The number of amides is 2. The van der Waals surface area contributed by atoms with Gasteiger partial charge in [0.2, 0.25) is 5.91 Å². The number of benzene rings is 2. The van der Waals surface area contributed by atoms with Crippen LogP contribution in [0, 0.1) is 0 Å².